The molecule has 0 atom stereocenters. The number of carbonyl (C=O) groups is 1. The summed E-state index contributed by atoms with van der Waals surface area (Å²) in [6.45, 7) is 2.31. The second kappa shape index (κ2) is 7.26. The molecule has 2 heterocycles. The largest absolute Gasteiger partial charge is 0.467 e. The molecular weight excluding hydrogens is 292 g/mol. The van der Waals surface area contributed by atoms with E-state index in [0.29, 0.717) is 23.9 Å². The van der Waals surface area contributed by atoms with Crippen molar-refractivity contribution in [2.75, 3.05) is 5.32 Å². The Morgan fingerprint density at radius 3 is 2.87 bits per heavy atom. The van der Waals surface area contributed by atoms with Gasteiger partial charge in [-0.05, 0) is 31.9 Å². The van der Waals surface area contributed by atoms with Crippen LogP contribution in [-0.4, -0.2) is 21.9 Å². The van der Waals surface area contributed by atoms with E-state index >= 15 is 0 Å². The highest BCUT2D eigenvalue weighted by Crippen LogP contribution is 2.18. The van der Waals surface area contributed by atoms with E-state index in [9.17, 15) is 4.79 Å². The lowest BCUT2D eigenvalue weighted by atomic mass is 9.95. The summed E-state index contributed by atoms with van der Waals surface area (Å²) >= 11 is 0. The molecule has 0 radical (unpaired) electrons. The Kier molecular flexibility index (Phi) is 4.90. The van der Waals surface area contributed by atoms with Gasteiger partial charge >= 0.3 is 0 Å². The van der Waals surface area contributed by atoms with Crippen molar-refractivity contribution in [3.8, 4) is 0 Å². The third kappa shape index (κ3) is 4.31. The first-order valence-electron chi connectivity index (χ1n) is 8.13. The normalized spacial score (nSPS) is 15.3. The fourth-order valence-corrected chi connectivity index (χ4v) is 2.87. The molecule has 23 heavy (non-hydrogen) atoms. The van der Waals surface area contributed by atoms with Crippen molar-refractivity contribution >= 4 is 11.7 Å². The second-order valence-electron chi connectivity index (χ2n) is 5.93. The van der Waals surface area contributed by atoms with Gasteiger partial charge in [0.25, 0.3) is 5.91 Å². The SMILES string of the molecule is Cc1nc(NCc2ccco2)cc(C(=O)NC2CCCCC2)n1. The van der Waals surface area contributed by atoms with Crippen LogP contribution in [0.25, 0.3) is 0 Å². The van der Waals surface area contributed by atoms with Crippen LogP contribution < -0.4 is 10.6 Å². The maximum absolute atomic E-state index is 12.4. The highest BCUT2D eigenvalue weighted by Gasteiger charge is 2.18. The van der Waals surface area contributed by atoms with Crippen molar-refractivity contribution in [1.82, 2.24) is 15.3 Å². The maximum Gasteiger partial charge on any atom is 0.270 e. The number of rotatable bonds is 5. The van der Waals surface area contributed by atoms with Crippen LogP contribution in [0.15, 0.2) is 28.9 Å². The molecule has 3 rings (SSSR count). The smallest absolute Gasteiger partial charge is 0.270 e. The van der Waals surface area contributed by atoms with Crippen LogP contribution >= 0.6 is 0 Å². The summed E-state index contributed by atoms with van der Waals surface area (Å²) in [6.07, 6.45) is 7.37. The number of furan rings is 1. The average Bonchev–Trinajstić information content (AvgIpc) is 3.07. The van der Waals surface area contributed by atoms with Crippen LogP contribution in [0, 0.1) is 6.92 Å². The van der Waals surface area contributed by atoms with Gasteiger partial charge < -0.3 is 15.1 Å². The first-order valence-corrected chi connectivity index (χ1v) is 8.13. The molecule has 1 aliphatic rings. The highest BCUT2D eigenvalue weighted by molar-refractivity contribution is 5.93. The Bertz CT molecular complexity index is 649. The number of aryl methyl sites for hydroxylation is 1. The molecule has 0 spiro atoms. The number of aromatic nitrogens is 2. The van der Waals surface area contributed by atoms with Crippen molar-refractivity contribution in [3.63, 3.8) is 0 Å². The fraction of sp³-hybridized carbons (Fsp3) is 0.471. The van der Waals surface area contributed by atoms with Gasteiger partial charge in [-0.3, -0.25) is 4.79 Å². The zero-order chi connectivity index (χ0) is 16.1. The number of carbonyl (C=O) groups excluding carboxylic acids is 1. The minimum atomic E-state index is -0.122. The summed E-state index contributed by atoms with van der Waals surface area (Å²) < 4.78 is 5.28. The molecule has 1 saturated carbocycles. The van der Waals surface area contributed by atoms with Crippen LogP contribution in [-0.2, 0) is 6.54 Å². The summed E-state index contributed by atoms with van der Waals surface area (Å²) in [4.78, 5) is 21.0. The highest BCUT2D eigenvalue weighted by atomic mass is 16.3. The topological polar surface area (TPSA) is 80.0 Å². The molecule has 2 aromatic heterocycles. The quantitative estimate of drug-likeness (QED) is 0.886. The van der Waals surface area contributed by atoms with Gasteiger partial charge in [-0.15, -0.1) is 0 Å². The predicted molar refractivity (Wildman–Crippen MR) is 87.1 cm³/mol. The second-order valence-corrected chi connectivity index (χ2v) is 5.93. The first kappa shape index (κ1) is 15.5. The molecule has 1 fully saturated rings. The number of anilines is 1. The van der Waals surface area contributed by atoms with Gasteiger partial charge in [0.1, 0.15) is 23.1 Å². The number of nitrogens with zero attached hydrogens (tertiary/aromatic N) is 2. The zero-order valence-electron chi connectivity index (χ0n) is 13.3. The third-order valence-electron chi connectivity index (χ3n) is 4.03. The van der Waals surface area contributed by atoms with Crippen LogP contribution in [0.1, 0.15) is 54.2 Å². The van der Waals surface area contributed by atoms with E-state index in [1.54, 1.807) is 19.3 Å². The summed E-state index contributed by atoms with van der Waals surface area (Å²) in [7, 11) is 0. The van der Waals surface area contributed by atoms with Crippen molar-refractivity contribution in [2.24, 2.45) is 0 Å². The van der Waals surface area contributed by atoms with E-state index < -0.39 is 0 Å². The molecule has 0 saturated heterocycles. The standard InChI is InChI=1S/C17H22N4O2/c1-12-19-15(17(22)21-13-6-3-2-4-7-13)10-16(20-12)18-11-14-8-5-9-23-14/h5,8-10,13H,2-4,6-7,11H2,1H3,(H,21,22)(H,18,19,20). The van der Waals surface area contributed by atoms with E-state index in [4.69, 9.17) is 4.42 Å². The Hall–Kier alpha value is -2.37. The molecular formula is C17H22N4O2. The van der Waals surface area contributed by atoms with Gasteiger partial charge in [0.15, 0.2) is 0 Å². The molecule has 0 unspecified atom stereocenters. The Morgan fingerprint density at radius 2 is 2.13 bits per heavy atom. The molecule has 6 heteroatoms. The lowest BCUT2D eigenvalue weighted by Gasteiger charge is -2.22. The Morgan fingerprint density at radius 1 is 1.30 bits per heavy atom. The first-order chi connectivity index (χ1) is 11.2. The van der Waals surface area contributed by atoms with Gasteiger partial charge in [0, 0.05) is 12.1 Å². The predicted octanol–water partition coefficient (Wildman–Crippen LogP) is 3.05. The minimum Gasteiger partial charge on any atom is -0.467 e. The average molecular weight is 314 g/mol. The number of nitrogens with one attached hydrogen (secondary N) is 2. The van der Waals surface area contributed by atoms with Gasteiger partial charge in [-0.1, -0.05) is 19.3 Å². The molecule has 0 bridgehead atoms. The van der Waals surface area contributed by atoms with Crippen LogP contribution in [0.3, 0.4) is 0 Å². The molecule has 1 aliphatic carbocycles. The number of hydrogen-bond donors (Lipinski definition) is 2. The molecule has 6 nitrogen and oxygen atoms in total. The van der Waals surface area contributed by atoms with Crippen LogP contribution in [0.4, 0.5) is 5.82 Å². The van der Waals surface area contributed by atoms with Crippen molar-refractivity contribution in [1.29, 1.82) is 0 Å². The maximum atomic E-state index is 12.4. The van der Waals surface area contributed by atoms with E-state index in [2.05, 4.69) is 20.6 Å². The van der Waals surface area contributed by atoms with E-state index in [-0.39, 0.29) is 11.9 Å². The van der Waals surface area contributed by atoms with E-state index in [0.717, 1.165) is 18.6 Å². The molecule has 0 aliphatic heterocycles. The minimum absolute atomic E-state index is 0.122. The summed E-state index contributed by atoms with van der Waals surface area (Å²) in [5.74, 6) is 1.89. The summed E-state index contributed by atoms with van der Waals surface area (Å²) in [6, 6.07) is 5.68. The van der Waals surface area contributed by atoms with Crippen LogP contribution in [0.5, 0.6) is 0 Å². The van der Waals surface area contributed by atoms with Gasteiger partial charge in [0.05, 0.1) is 12.8 Å². The monoisotopic (exact) mass is 314 g/mol. The lowest BCUT2D eigenvalue weighted by Crippen LogP contribution is -2.36. The van der Waals surface area contributed by atoms with Gasteiger partial charge in [-0.25, -0.2) is 9.97 Å². The molecule has 0 aromatic carbocycles. The summed E-state index contributed by atoms with van der Waals surface area (Å²) in [5, 5.41) is 6.25. The van der Waals surface area contributed by atoms with E-state index in [1.165, 1.54) is 19.3 Å². The van der Waals surface area contributed by atoms with Crippen molar-refractivity contribution < 1.29 is 9.21 Å². The molecule has 1 amide bonds. The third-order valence-corrected chi connectivity index (χ3v) is 4.03. The molecule has 122 valence electrons. The van der Waals surface area contributed by atoms with Crippen molar-refractivity contribution in [2.45, 2.75) is 51.6 Å². The molecule has 2 aromatic rings. The Labute approximate surface area is 135 Å². The lowest BCUT2D eigenvalue weighted by molar-refractivity contribution is 0.0922. The van der Waals surface area contributed by atoms with Crippen LogP contribution in [0.2, 0.25) is 0 Å². The molecule has 2 N–H and O–H groups in total. The zero-order valence-corrected chi connectivity index (χ0v) is 13.3. The van der Waals surface area contributed by atoms with E-state index in [1.807, 2.05) is 12.1 Å². The fourth-order valence-electron chi connectivity index (χ4n) is 2.87. The van der Waals surface area contributed by atoms with Crippen molar-refractivity contribution in [3.05, 3.63) is 41.7 Å². The van der Waals surface area contributed by atoms with Gasteiger partial charge in [0.2, 0.25) is 0 Å². The Balaban J connectivity index is 1.65. The number of hydrogen-bond acceptors (Lipinski definition) is 5. The number of amides is 1. The van der Waals surface area contributed by atoms with Gasteiger partial charge in [-0.2, -0.15) is 0 Å². The summed E-state index contributed by atoms with van der Waals surface area (Å²) in [5.41, 5.74) is 0.407.